The second-order valence-corrected chi connectivity index (χ2v) is 14.1. The highest BCUT2D eigenvalue weighted by molar-refractivity contribution is 5.99. The van der Waals surface area contributed by atoms with Crippen molar-refractivity contribution in [2.75, 3.05) is 0 Å². The molecule has 3 nitrogen and oxygen atoms in total. The second kappa shape index (κ2) is 11.3. The molecule has 0 fully saturated rings. The Bertz CT molecular complexity index is 2830. The van der Waals surface area contributed by atoms with Gasteiger partial charge in [0.15, 0.2) is 5.82 Å². The summed E-state index contributed by atoms with van der Waals surface area (Å²) in [6, 6.07) is 56.5. The van der Waals surface area contributed by atoms with E-state index in [0.29, 0.717) is 0 Å². The maximum atomic E-state index is 5.27. The maximum absolute atomic E-state index is 5.27. The number of hydrogen-bond donors (Lipinski definition) is 0. The van der Waals surface area contributed by atoms with Crippen molar-refractivity contribution in [3.63, 3.8) is 0 Å². The zero-order valence-electron chi connectivity index (χ0n) is 28.4. The van der Waals surface area contributed by atoms with Gasteiger partial charge in [-0.1, -0.05) is 123 Å². The topological polar surface area (TPSA) is 38.7 Å². The highest BCUT2D eigenvalue weighted by atomic mass is 14.9. The molecule has 3 heteroatoms. The minimum atomic E-state index is -0.135. The Kier molecular flexibility index (Phi) is 6.53. The molecule has 0 unspecified atom stereocenters. The smallest absolute Gasteiger partial charge is 0.160 e. The molecule has 1 aliphatic carbocycles. The predicted octanol–water partition coefficient (Wildman–Crippen LogP) is 12.3. The van der Waals surface area contributed by atoms with E-state index in [1.165, 1.54) is 54.9 Å². The van der Waals surface area contributed by atoms with Crippen LogP contribution < -0.4 is 0 Å². The molecule has 0 N–H and O–H groups in total. The van der Waals surface area contributed by atoms with E-state index >= 15 is 0 Å². The molecule has 0 amide bonds. The van der Waals surface area contributed by atoms with Gasteiger partial charge in [0.05, 0.1) is 16.9 Å². The third-order valence-electron chi connectivity index (χ3n) is 10.7. The molecular weight excluding hydrogens is 619 g/mol. The van der Waals surface area contributed by atoms with Crippen LogP contribution >= 0.6 is 0 Å². The number of hydrogen-bond acceptors (Lipinski definition) is 3. The summed E-state index contributed by atoms with van der Waals surface area (Å²) in [6.45, 7) is 4.68. The molecule has 0 spiro atoms. The molecule has 9 aromatic rings. The zero-order valence-corrected chi connectivity index (χ0v) is 28.4. The summed E-state index contributed by atoms with van der Waals surface area (Å²) >= 11 is 0. The molecule has 0 atom stereocenters. The molecule has 240 valence electrons. The Balaban J connectivity index is 1.12. The SMILES string of the molecule is CC1(C)c2cc3ccccc3cc2-c2c(-c3cc(-c4ccc5cc(-c6ccc7ncccc7c6)ccc5c4)nc(-c4ccccc4)n3)cccc21. The van der Waals surface area contributed by atoms with Crippen LogP contribution in [0.5, 0.6) is 0 Å². The molecule has 0 aliphatic heterocycles. The third-order valence-corrected chi connectivity index (χ3v) is 10.7. The van der Waals surface area contributed by atoms with Crippen LogP contribution in [-0.4, -0.2) is 15.0 Å². The normalized spacial score (nSPS) is 13.1. The molecule has 1 aliphatic rings. The quantitative estimate of drug-likeness (QED) is 0.190. The van der Waals surface area contributed by atoms with Crippen molar-refractivity contribution in [2.24, 2.45) is 0 Å². The van der Waals surface area contributed by atoms with Crippen molar-refractivity contribution in [3.8, 4) is 56.2 Å². The minimum Gasteiger partial charge on any atom is -0.256 e. The molecule has 10 rings (SSSR count). The lowest BCUT2D eigenvalue weighted by Gasteiger charge is -2.22. The van der Waals surface area contributed by atoms with Gasteiger partial charge in [-0.3, -0.25) is 4.98 Å². The van der Waals surface area contributed by atoms with Gasteiger partial charge in [-0.05, 0) is 103 Å². The van der Waals surface area contributed by atoms with Gasteiger partial charge in [-0.25, -0.2) is 9.97 Å². The first-order valence-corrected chi connectivity index (χ1v) is 17.5. The highest BCUT2D eigenvalue weighted by Gasteiger charge is 2.37. The Morgan fingerprint density at radius 1 is 0.412 bits per heavy atom. The van der Waals surface area contributed by atoms with Crippen LogP contribution in [0.2, 0.25) is 0 Å². The van der Waals surface area contributed by atoms with Crippen molar-refractivity contribution in [1.29, 1.82) is 0 Å². The van der Waals surface area contributed by atoms with Crippen LogP contribution in [-0.2, 0) is 5.41 Å². The van der Waals surface area contributed by atoms with Gasteiger partial charge in [0.2, 0.25) is 0 Å². The van der Waals surface area contributed by atoms with E-state index in [4.69, 9.17) is 9.97 Å². The molecule has 51 heavy (non-hydrogen) atoms. The lowest BCUT2D eigenvalue weighted by molar-refractivity contribution is 0.661. The van der Waals surface area contributed by atoms with Gasteiger partial charge < -0.3 is 0 Å². The van der Waals surface area contributed by atoms with E-state index < -0.39 is 0 Å². The van der Waals surface area contributed by atoms with Crippen molar-refractivity contribution in [3.05, 3.63) is 175 Å². The first kappa shape index (κ1) is 29.5. The average Bonchev–Trinajstić information content (AvgIpc) is 3.41. The number of rotatable bonds is 4. The predicted molar refractivity (Wildman–Crippen MR) is 212 cm³/mol. The molecule has 0 radical (unpaired) electrons. The van der Waals surface area contributed by atoms with E-state index in [-0.39, 0.29) is 5.41 Å². The van der Waals surface area contributed by atoms with Crippen LogP contribution in [0.3, 0.4) is 0 Å². The molecule has 0 saturated carbocycles. The largest absolute Gasteiger partial charge is 0.256 e. The van der Waals surface area contributed by atoms with Crippen LogP contribution in [0.15, 0.2) is 164 Å². The van der Waals surface area contributed by atoms with Gasteiger partial charge in [0, 0.05) is 33.7 Å². The number of aromatic nitrogens is 3. The van der Waals surface area contributed by atoms with Crippen molar-refractivity contribution in [1.82, 2.24) is 15.0 Å². The van der Waals surface area contributed by atoms with Crippen LogP contribution in [0.4, 0.5) is 0 Å². The molecule has 2 aromatic heterocycles. The summed E-state index contributed by atoms with van der Waals surface area (Å²) in [5.74, 6) is 0.720. The summed E-state index contributed by atoms with van der Waals surface area (Å²) < 4.78 is 0. The van der Waals surface area contributed by atoms with Crippen molar-refractivity contribution >= 4 is 32.4 Å². The second-order valence-electron chi connectivity index (χ2n) is 14.1. The number of pyridine rings is 1. The van der Waals surface area contributed by atoms with Gasteiger partial charge >= 0.3 is 0 Å². The Morgan fingerprint density at radius 2 is 1.06 bits per heavy atom. The van der Waals surface area contributed by atoms with E-state index in [0.717, 1.165) is 44.8 Å². The molecule has 0 bridgehead atoms. The first-order chi connectivity index (χ1) is 25.0. The fourth-order valence-corrected chi connectivity index (χ4v) is 7.98. The lowest BCUT2D eigenvalue weighted by Crippen LogP contribution is -2.14. The summed E-state index contributed by atoms with van der Waals surface area (Å²) in [5.41, 5.74) is 13.5. The fraction of sp³-hybridized carbons (Fsp3) is 0.0625. The van der Waals surface area contributed by atoms with Crippen LogP contribution in [0, 0.1) is 0 Å². The lowest BCUT2D eigenvalue weighted by atomic mass is 9.81. The number of benzene rings is 7. The van der Waals surface area contributed by atoms with Crippen LogP contribution in [0.1, 0.15) is 25.0 Å². The summed E-state index contributed by atoms with van der Waals surface area (Å²) in [5, 5.41) is 6.02. The van der Waals surface area contributed by atoms with Gasteiger partial charge in [-0.2, -0.15) is 0 Å². The maximum Gasteiger partial charge on any atom is 0.160 e. The van der Waals surface area contributed by atoms with Gasteiger partial charge in [-0.15, -0.1) is 0 Å². The van der Waals surface area contributed by atoms with Gasteiger partial charge in [0.25, 0.3) is 0 Å². The van der Waals surface area contributed by atoms with E-state index in [1.807, 2.05) is 18.3 Å². The zero-order chi connectivity index (χ0) is 34.1. The van der Waals surface area contributed by atoms with E-state index in [9.17, 15) is 0 Å². The summed E-state index contributed by atoms with van der Waals surface area (Å²) in [6.07, 6.45) is 1.84. The Labute approximate surface area is 297 Å². The molecule has 2 heterocycles. The first-order valence-electron chi connectivity index (χ1n) is 17.5. The highest BCUT2D eigenvalue weighted by Crippen LogP contribution is 2.53. The van der Waals surface area contributed by atoms with E-state index in [2.05, 4.69) is 164 Å². The molecule has 7 aromatic carbocycles. The monoisotopic (exact) mass is 651 g/mol. The van der Waals surface area contributed by atoms with Gasteiger partial charge in [0.1, 0.15) is 0 Å². The molecule has 0 saturated heterocycles. The fourth-order valence-electron chi connectivity index (χ4n) is 7.98. The van der Waals surface area contributed by atoms with E-state index in [1.54, 1.807) is 0 Å². The average molecular weight is 652 g/mol. The third kappa shape index (κ3) is 4.85. The Hall–Kier alpha value is -6.45. The summed E-state index contributed by atoms with van der Waals surface area (Å²) in [7, 11) is 0. The van der Waals surface area contributed by atoms with Crippen molar-refractivity contribution in [2.45, 2.75) is 19.3 Å². The van der Waals surface area contributed by atoms with Crippen molar-refractivity contribution < 1.29 is 0 Å². The van der Waals surface area contributed by atoms with Crippen LogP contribution in [0.25, 0.3) is 88.6 Å². The molecular formula is C48H33N3. The minimum absolute atomic E-state index is 0.135. The standard InChI is InChI=1S/C48H33N3/c1-48(2)41-16-8-15-39(46(41)40-27-31-12-6-7-13-32(31)28-42(40)48)45-29-44(50-47(51-45)30-10-4-3-5-11-30)38-20-19-34-24-33(17-18-35(34)26-38)36-21-22-43-37(25-36)14-9-23-49-43/h3-29H,1-2H3. The number of nitrogens with zero attached hydrogens (tertiary/aromatic N) is 3. The number of fused-ring (bicyclic) bond motifs is 6. The Morgan fingerprint density at radius 3 is 1.88 bits per heavy atom. The summed E-state index contributed by atoms with van der Waals surface area (Å²) in [4.78, 5) is 15.0.